The van der Waals surface area contributed by atoms with Crippen molar-refractivity contribution in [2.45, 2.75) is 103 Å². The van der Waals surface area contributed by atoms with Gasteiger partial charge in [-0.15, -0.1) is 0 Å². The van der Waals surface area contributed by atoms with Gasteiger partial charge in [0.25, 0.3) is 5.92 Å². The van der Waals surface area contributed by atoms with E-state index in [2.05, 4.69) is 43.3 Å². The summed E-state index contributed by atoms with van der Waals surface area (Å²) in [5.74, 6) is -3.20. The van der Waals surface area contributed by atoms with E-state index in [1.807, 2.05) is 6.92 Å². The molecular formula is C28H40F2O2. The molecule has 0 radical (unpaired) electrons. The van der Waals surface area contributed by atoms with Crippen molar-refractivity contribution in [3.63, 3.8) is 0 Å². The molecule has 0 amide bonds. The van der Waals surface area contributed by atoms with Gasteiger partial charge in [-0.05, 0) is 68.4 Å². The number of unbranched alkanes of at least 4 members (excludes halogenated alkanes) is 1. The lowest BCUT2D eigenvalue weighted by atomic mass is 9.80. The van der Waals surface area contributed by atoms with Crippen molar-refractivity contribution in [2.75, 3.05) is 0 Å². The van der Waals surface area contributed by atoms with E-state index >= 15 is 0 Å². The summed E-state index contributed by atoms with van der Waals surface area (Å²) in [7, 11) is 0. The summed E-state index contributed by atoms with van der Waals surface area (Å²) in [5.41, 5.74) is 2.58. The van der Waals surface area contributed by atoms with Crippen LogP contribution in [0.5, 0.6) is 0 Å². The number of aryl methyl sites for hydroxylation is 1. The molecule has 1 aromatic rings. The Hall–Kier alpha value is -1.71. The zero-order chi connectivity index (χ0) is 23.0. The van der Waals surface area contributed by atoms with Crippen LogP contribution in [-0.2, 0) is 16.0 Å². The summed E-state index contributed by atoms with van der Waals surface area (Å²) in [6.45, 7) is 4.22. The maximum absolute atomic E-state index is 14.5. The first-order valence-electron chi connectivity index (χ1n) is 12.8. The number of benzene rings is 1. The predicted octanol–water partition coefficient (Wildman–Crippen LogP) is 8.00. The van der Waals surface area contributed by atoms with Crippen LogP contribution in [0.2, 0.25) is 0 Å². The SMILES string of the molecule is CCCCC1CCC(OC(=O)C2CCC(/C=C/c3ccc(CCC)cc3)CC2)CC1(F)F. The Balaban J connectivity index is 1.41. The van der Waals surface area contributed by atoms with Crippen LogP contribution in [0.4, 0.5) is 8.78 Å². The Morgan fingerprint density at radius 2 is 1.75 bits per heavy atom. The Morgan fingerprint density at radius 3 is 2.38 bits per heavy atom. The standard InChI is InChI=1S/C28H40F2O2/c1-3-5-7-25-18-19-26(20-28(25,29)30)32-27(31)24-16-14-23(15-17-24)13-12-22-10-8-21(6-4-2)9-11-22/h8-13,23-26H,3-7,14-20H2,1-2H3/b13-12+. The molecule has 178 valence electrons. The summed E-state index contributed by atoms with van der Waals surface area (Å²) >= 11 is 0. The molecule has 0 heterocycles. The molecule has 0 aliphatic heterocycles. The van der Waals surface area contributed by atoms with Crippen molar-refractivity contribution in [3.8, 4) is 0 Å². The van der Waals surface area contributed by atoms with Gasteiger partial charge >= 0.3 is 5.97 Å². The quantitative estimate of drug-likeness (QED) is 0.359. The third kappa shape index (κ3) is 7.15. The maximum Gasteiger partial charge on any atom is 0.309 e. The Labute approximate surface area is 192 Å². The highest BCUT2D eigenvalue weighted by molar-refractivity contribution is 5.72. The predicted molar refractivity (Wildman–Crippen MR) is 127 cm³/mol. The topological polar surface area (TPSA) is 26.3 Å². The van der Waals surface area contributed by atoms with Gasteiger partial charge in [0.15, 0.2) is 0 Å². The molecule has 2 aliphatic rings. The zero-order valence-electron chi connectivity index (χ0n) is 19.8. The van der Waals surface area contributed by atoms with E-state index in [0.29, 0.717) is 25.2 Å². The monoisotopic (exact) mass is 446 g/mol. The van der Waals surface area contributed by atoms with Gasteiger partial charge < -0.3 is 4.74 Å². The minimum Gasteiger partial charge on any atom is -0.462 e. The van der Waals surface area contributed by atoms with Gasteiger partial charge in [0, 0.05) is 12.3 Å². The van der Waals surface area contributed by atoms with E-state index in [1.54, 1.807) is 0 Å². The third-order valence-electron chi connectivity index (χ3n) is 7.31. The van der Waals surface area contributed by atoms with Crippen LogP contribution in [0.3, 0.4) is 0 Å². The van der Waals surface area contributed by atoms with Crippen LogP contribution in [0, 0.1) is 17.8 Å². The Morgan fingerprint density at radius 1 is 1.03 bits per heavy atom. The average Bonchev–Trinajstić information content (AvgIpc) is 2.78. The smallest absolute Gasteiger partial charge is 0.309 e. The largest absolute Gasteiger partial charge is 0.462 e. The highest BCUT2D eigenvalue weighted by Crippen LogP contribution is 2.42. The van der Waals surface area contributed by atoms with Crippen molar-refractivity contribution in [2.24, 2.45) is 17.8 Å². The fourth-order valence-electron chi connectivity index (χ4n) is 5.22. The molecule has 1 aromatic carbocycles. The molecule has 2 saturated carbocycles. The van der Waals surface area contributed by atoms with Crippen molar-refractivity contribution in [1.29, 1.82) is 0 Å². The van der Waals surface area contributed by atoms with Crippen molar-refractivity contribution in [3.05, 3.63) is 41.5 Å². The first-order valence-corrected chi connectivity index (χ1v) is 12.8. The minimum atomic E-state index is -2.71. The molecule has 0 N–H and O–H groups in total. The van der Waals surface area contributed by atoms with Gasteiger partial charge in [-0.2, -0.15) is 0 Å². The Kier molecular flexibility index (Phi) is 9.31. The first-order chi connectivity index (χ1) is 15.4. The highest BCUT2D eigenvalue weighted by Gasteiger charge is 2.46. The highest BCUT2D eigenvalue weighted by atomic mass is 19.3. The molecule has 2 atom stereocenters. The molecule has 2 aliphatic carbocycles. The number of carbonyl (C=O) groups is 1. The van der Waals surface area contributed by atoms with Crippen LogP contribution in [-0.4, -0.2) is 18.0 Å². The van der Waals surface area contributed by atoms with Crippen LogP contribution in [0.1, 0.15) is 95.6 Å². The first kappa shape index (κ1) is 24.9. The molecule has 2 fully saturated rings. The van der Waals surface area contributed by atoms with Crippen LogP contribution in [0.25, 0.3) is 6.08 Å². The van der Waals surface area contributed by atoms with Gasteiger partial charge in [-0.25, -0.2) is 8.78 Å². The molecule has 2 nitrogen and oxygen atoms in total. The van der Waals surface area contributed by atoms with Crippen molar-refractivity contribution in [1.82, 2.24) is 0 Å². The normalized spacial score (nSPS) is 28.0. The summed E-state index contributed by atoms with van der Waals surface area (Å²) in [6.07, 6.45) is 12.6. The number of allylic oxidation sites excluding steroid dienone is 1. The maximum atomic E-state index is 14.5. The van der Waals surface area contributed by atoms with Gasteiger partial charge in [0.2, 0.25) is 0 Å². The Bertz CT molecular complexity index is 732. The number of hydrogen-bond acceptors (Lipinski definition) is 2. The molecule has 32 heavy (non-hydrogen) atoms. The van der Waals surface area contributed by atoms with Crippen LogP contribution >= 0.6 is 0 Å². The minimum absolute atomic E-state index is 0.139. The molecule has 0 spiro atoms. The van der Waals surface area contributed by atoms with E-state index in [1.165, 1.54) is 11.1 Å². The van der Waals surface area contributed by atoms with E-state index < -0.39 is 17.9 Å². The summed E-state index contributed by atoms with van der Waals surface area (Å²) < 4.78 is 34.5. The number of ether oxygens (including phenoxy) is 1. The number of esters is 1. The molecule has 0 saturated heterocycles. The lowest BCUT2D eigenvalue weighted by Crippen LogP contribution is -2.40. The zero-order valence-corrected chi connectivity index (χ0v) is 19.8. The second-order valence-corrected chi connectivity index (χ2v) is 9.90. The second kappa shape index (κ2) is 12.0. The number of halogens is 2. The fraction of sp³-hybridized carbons (Fsp3) is 0.679. The molecule has 0 aromatic heterocycles. The molecule has 3 rings (SSSR count). The van der Waals surface area contributed by atoms with Crippen LogP contribution < -0.4 is 0 Å². The lowest BCUT2D eigenvalue weighted by Gasteiger charge is -2.36. The van der Waals surface area contributed by atoms with E-state index in [-0.39, 0.29) is 18.3 Å². The average molecular weight is 447 g/mol. The van der Waals surface area contributed by atoms with E-state index in [0.717, 1.165) is 51.4 Å². The second-order valence-electron chi connectivity index (χ2n) is 9.90. The summed E-state index contributed by atoms with van der Waals surface area (Å²) in [6, 6.07) is 8.71. The summed E-state index contributed by atoms with van der Waals surface area (Å²) in [4.78, 5) is 12.6. The molecule has 4 heteroatoms. The number of carbonyl (C=O) groups excluding carboxylic acids is 1. The van der Waals surface area contributed by atoms with Crippen molar-refractivity contribution < 1.29 is 18.3 Å². The van der Waals surface area contributed by atoms with Gasteiger partial charge in [0.1, 0.15) is 6.10 Å². The molecule has 0 bridgehead atoms. The van der Waals surface area contributed by atoms with Gasteiger partial charge in [-0.1, -0.05) is 69.5 Å². The number of hydrogen-bond donors (Lipinski definition) is 0. The van der Waals surface area contributed by atoms with Crippen molar-refractivity contribution >= 4 is 12.0 Å². The van der Waals surface area contributed by atoms with Gasteiger partial charge in [-0.3, -0.25) is 4.79 Å². The van der Waals surface area contributed by atoms with Crippen LogP contribution in [0.15, 0.2) is 30.3 Å². The molecular weight excluding hydrogens is 406 g/mol. The lowest BCUT2D eigenvalue weighted by molar-refractivity contribution is -0.171. The number of alkyl halides is 2. The third-order valence-corrected chi connectivity index (χ3v) is 7.31. The van der Waals surface area contributed by atoms with Gasteiger partial charge in [0.05, 0.1) is 5.92 Å². The summed E-state index contributed by atoms with van der Waals surface area (Å²) in [5, 5.41) is 0. The number of rotatable bonds is 9. The van der Waals surface area contributed by atoms with E-state index in [4.69, 9.17) is 4.74 Å². The van der Waals surface area contributed by atoms with E-state index in [9.17, 15) is 13.6 Å². The fourth-order valence-corrected chi connectivity index (χ4v) is 5.22. The molecule has 2 unspecified atom stereocenters.